The Kier molecular flexibility index (Phi) is 3.60. The largest absolute Gasteiger partial charge is 0.355 e. The summed E-state index contributed by atoms with van der Waals surface area (Å²) in [5, 5.41) is 2.77. The molecule has 1 heterocycles. The maximum absolute atomic E-state index is 13.9. The van der Waals surface area contributed by atoms with Gasteiger partial charge in [0.15, 0.2) is 0 Å². The predicted octanol–water partition coefficient (Wildman–Crippen LogP) is 1.35. The molecule has 1 unspecified atom stereocenters. The second-order valence-corrected chi connectivity index (χ2v) is 4.24. The fraction of sp³-hybridized carbons (Fsp3) is 0.385. The van der Waals surface area contributed by atoms with Crippen LogP contribution < -0.4 is 10.2 Å². The van der Waals surface area contributed by atoms with Gasteiger partial charge in [0.1, 0.15) is 18.1 Å². The molecule has 1 amide bonds. The van der Waals surface area contributed by atoms with E-state index in [1.165, 1.54) is 6.07 Å². The molecule has 1 aromatic rings. The lowest BCUT2D eigenvalue weighted by Crippen LogP contribution is -2.55. The van der Waals surface area contributed by atoms with Gasteiger partial charge in [-0.15, -0.1) is 0 Å². The van der Waals surface area contributed by atoms with Gasteiger partial charge >= 0.3 is 0 Å². The maximum atomic E-state index is 13.9. The number of aldehydes is 1. The van der Waals surface area contributed by atoms with Crippen LogP contribution in [0.3, 0.4) is 0 Å². The van der Waals surface area contributed by atoms with E-state index in [0.29, 0.717) is 37.0 Å². The van der Waals surface area contributed by atoms with Crippen molar-refractivity contribution in [2.24, 2.45) is 0 Å². The number of carbonyl (C=O) groups is 2. The first kappa shape index (κ1) is 12.5. The minimum Gasteiger partial charge on any atom is -0.355 e. The van der Waals surface area contributed by atoms with E-state index >= 15 is 0 Å². The number of hydrogen-bond acceptors (Lipinski definition) is 3. The van der Waals surface area contributed by atoms with Crippen LogP contribution in [0.4, 0.5) is 10.1 Å². The van der Waals surface area contributed by atoms with Gasteiger partial charge in [-0.3, -0.25) is 9.59 Å². The molecule has 0 spiro atoms. The highest BCUT2D eigenvalue weighted by atomic mass is 19.1. The number of nitrogens with one attached hydrogen (secondary N) is 1. The van der Waals surface area contributed by atoms with Crippen LogP contribution in [0.5, 0.6) is 0 Å². The third kappa shape index (κ3) is 2.20. The molecule has 1 saturated heterocycles. The van der Waals surface area contributed by atoms with Crippen molar-refractivity contribution in [3.8, 4) is 0 Å². The van der Waals surface area contributed by atoms with E-state index in [-0.39, 0.29) is 11.9 Å². The molecule has 0 bridgehead atoms. The topological polar surface area (TPSA) is 49.4 Å². The van der Waals surface area contributed by atoms with Gasteiger partial charge < -0.3 is 10.2 Å². The SMILES string of the molecule is CCC1C(=O)NCCN1c1ccc(C=O)cc1F. The molecule has 2 rings (SSSR count). The summed E-state index contributed by atoms with van der Waals surface area (Å²) in [6.07, 6.45) is 1.22. The molecular formula is C13H15FN2O2. The Morgan fingerprint density at radius 3 is 2.94 bits per heavy atom. The summed E-state index contributed by atoms with van der Waals surface area (Å²) in [6.45, 7) is 2.96. The van der Waals surface area contributed by atoms with Crippen LogP contribution >= 0.6 is 0 Å². The highest BCUT2D eigenvalue weighted by molar-refractivity contribution is 5.86. The van der Waals surface area contributed by atoms with Gasteiger partial charge in [0.05, 0.1) is 5.69 Å². The molecule has 96 valence electrons. The van der Waals surface area contributed by atoms with Crippen molar-refractivity contribution in [3.63, 3.8) is 0 Å². The molecule has 18 heavy (non-hydrogen) atoms. The van der Waals surface area contributed by atoms with Gasteiger partial charge in [0.2, 0.25) is 5.91 Å². The van der Waals surface area contributed by atoms with Gasteiger partial charge in [-0.05, 0) is 24.6 Å². The lowest BCUT2D eigenvalue weighted by molar-refractivity contribution is -0.123. The Hall–Kier alpha value is -1.91. The molecule has 1 fully saturated rings. The average Bonchev–Trinajstić information content (AvgIpc) is 2.38. The number of benzene rings is 1. The molecule has 0 aliphatic carbocycles. The highest BCUT2D eigenvalue weighted by Crippen LogP contribution is 2.24. The quantitative estimate of drug-likeness (QED) is 0.824. The summed E-state index contributed by atoms with van der Waals surface area (Å²) in [5.74, 6) is -0.546. The first-order valence-electron chi connectivity index (χ1n) is 5.96. The van der Waals surface area contributed by atoms with Crippen LogP contribution in [-0.2, 0) is 4.79 Å². The molecule has 1 N–H and O–H groups in total. The summed E-state index contributed by atoms with van der Waals surface area (Å²) in [5.41, 5.74) is 0.674. The minimum atomic E-state index is -0.465. The van der Waals surface area contributed by atoms with Crippen LogP contribution in [0.25, 0.3) is 0 Å². The molecule has 1 atom stereocenters. The van der Waals surface area contributed by atoms with E-state index in [1.807, 2.05) is 6.92 Å². The van der Waals surface area contributed by atoms with Gasteiger partial charge in [-0.2, -0.15) is 0 Å². The van der Waals surface area contributed by atoms with E-state index in [0.717, 1.165) is 0 Å². The zero-order valence-corrected chi connectivity index (χ0v) is 10.1. The molecule has 0 radical (unpaired) electrons. The Morgan fingerprint density at radius 2 is 2.33 bits per heavy atom. The van der Waals surface area contributed by atoms with Crippen molar-refractivity contribution in [1.82, 2.24) is 5.32 Å². The molecule has 1 aliphatic heterocycles. The number of amides is 1. The number of hydrogen-bond donors (Lipinski definition) is 1. The lowest BCUT2D eigenvalue weighted by atomic mass is 10.1. The van der Waals surface area contributed by atoms with E-state index in [4.69, 9.17) is 0 Å². The zero-order valence-electron chi connectivity index (χ0n) is 10.1. The van der Waals surface area contributed by atoms with Gasteiger partial charge in [-0.1, -0.05) is 6.92 Å². The van der Waals surface area contributed by atoms with Gasteiger partial charge in [0, 0.05) is 18.7 Å². The number of piperazine rings is 1. The van der Waals surface area contributed by atoms with Crippen molar-refractivity contribution in [2.45, 2.75) is 19.4 Å². The third-order valence-corrected chi connectivity index (χ3v) is 3.13. The van der Waals surface area contributed by atoms with Crippen molar-refractivity contribution >= 4 is 17.9 Å². The molecule has 0 saturated carbocycles. The van der Waals surface area contributed by atoms with Crippen LogP contribution in [0.1, 0.15) is 23.7 Å². The number of halogens is 1. The second-order valence-electron chi connectivity index (χ2n) is 4.24. The maximum Gasteiger partial charge on any atom is 0.242 e. The van der Waals surface area contributed by atoms with E-state index in [9.17, 15) is 14.0 Å². The van der Waals surface area contributed by atoms with E-state index < -0.39 is 5.82 Å². The summed E-state index contributed by atoms with van der Waals surface area (Å²) in [4.78, 5) is 24.0. The Morgan fingerprint density at radius 1 is 1.56 bits per heavy atom. The Bertz CT molecular complexity index is 476. The van der Waals surface area contributed by atoms with Crippen molar-refractivity contribution < 1.29 is 14.0 Å². The average molecular weight is 250 g/mol. The van der Waals surface area contributed by atoms with Crippen LogP contribution in [0, 0.1) is 5.82 Å². The minimum absolute atomic E-state index is 0.0809. The first-order chi connectivity index (χ1) is 8.67. The zero-order chi connectivity index (χ0) is 13.1. The number of anilines is 1. The third-order valence-electron chi connectivity index (χ3n) is 3.13. The van der Waals surface area contributed by atoms with Crippen LogP contribution in [0.15, 0.2) is 18.2 Å². The molecule has 0 aromatic heterocycles. The first-order valence-corrected chi connectivity index (χ1v) is 5.96. The lowest BCUT2D eigenvalue weighted by Gasteiger charge is -2.36. The van der Waals surface area contributed by atoms with Crippen molar-refractivity contribution in [3.05, 3.63) is 29.6 Å². The fourth-order valence-corrected chi connectivity index (χ4v) is 2.24. The normalized spacial score (nSPS) is 19.6. The fourth-order valence-electron chi connectivity index (χ4n) is 2.24. The molecule has 5 heteroatoms. The predicted molar refractivity (Wildman–Crippen MR) is 66.2 cm³/mol. The Labute approximate surface area is 105 Å². The second kappa shape index (κ2) is 5.16. The summed E-state index contributed by atoms with van der Waals surface area (Å²) in [6, 6.07) is 3.96. The van der Waals surface area contributed by atoms with Crippen LogP contribution in [0.2, 0.25) is 0 Å². The van der Waals surface area contributed by atoms with E-state index in [2.05, 4.69) is 5.32 Å². The number of carbonyl (C=O) groups excluding carboxylic acids is 2. The molecule has 4 nitrogen and oxygen atoms in total. The van der Waals surface area contributed by atoms with E-state index in [1.54, 1.807) is 17.0 Å². The van der Waals surface area contributed by atoms with Gasteiger partial charge in [0.25, 0.3) is 0 Å². The molecule has 1 aliphatic rings. The van der Waals surface area contributed by atoms with Crippen LogP contribution in [-0.4, -0.2) is 31.3 Å². The van der Waals surface area contributed by atoms with Crippen molar-refractivity contribution in [1.29, 1.82) is 0 Å². The molecule has 1 aromatic carbocycles. The summed E-state index contributed by atoms with van der Waals surface area (Å²) < 4.78 is 13.9. The number of nitrogens with zero attached hydrogens (tertiary/aromatic N) is 1. The summed E-state index contributed by atoms with van der Waals surface area (Å²) in [7, 11) is 0. The van der Waals surface area contributed by atoms with Gasteiger partial charge in [-0.25, -0.2) is 4.39 Å². The number of rotatable bonds is 3. The highest BCUT2D eigenvalue weighted by Gasteiger charge is 2.29. The monoisotopic (exact) mass is 250 g/mol. The Balaban J connectivity index is 2.34. The standard InChI is InChI=1S/C13H15FN2O2/c1-2-11-13(18)15-5-6-16(11)12-4-3-9(8-17)7-10(12)14/h3-4,7-8,11H,2,5-6H2,1H3,(H,15,18). The van der Waals surface area contributed by atoms with Crippen molar-refractivity contribution in [2.75, 3.05) is 18.0 Å². The summed E-state index contributed by atoms with van der Waals surface area (Å²) >= 11 is 0. The smallest absolute Gasteiger partial charge is 0.242 e. The molecular weight excluding hydrogens is 235 g/mol.